The molecule has 0 radical (unpaired) electrons. The van der Waals surface area contributed by atoms with Crippen LogP contribution in [0.5, 0.6) is 0 Å². The molecule has 0 spiro atoms. The zero-order valence-corrected chi connectivity index (χ0v) is 9.58. The van der Waals surface area contributed by atoms with Crippen LogP contribution in [0, 0.1) is 11.7 Å². The smallest absolute Gasteiger partial charge is 0.126 e. The molecular weight excluding hydrogens is 205 g/mol. The van der Waals surface area contributed by atoms with Gasteiger partial charge in [-0.3, -0.25) is 0 Å². The van der Waals surface area contributed by atoms with Gasteiger partial charge >= 0.3 is 0 Å². The summed E-state index contributed by atoms with van der Waals surface area (Å²) in [6, 6.07) is 7.06. The molecule has 1 aromatic rings. The summed E-state index contributed by atoms with van der Waals surface area (Å²) in [4.78, 5) is 0. The Bertz CT molecular complexity index is 338. The van der Waals surface area contributed by atoms with Gasteiger partial charge in [-0.15, -0.1) is 0 Å². The fraction of sp³-hybridized carbons (Fsp3) is 0.538. The van der Waals surface area contributed by atoms with Gasteiger partial charge in [-0.1, -0.05) is 18.2 Å². The molecule has 1 heterocycles. The normalized spacial score (nSPS) is 18.1. The zero-order chi connectivity index (χ0) is 11.4. The summed E-state index contributed by atoms with van der Waals surface area (Å²) in [6.45, 7) is 2.47. The van der Waals surface area contributed by atoms with Gasteiger partial charge in [0.2, 0.25) is 0 Å². The molecule has 2 nitrogen and oxygen atoms in total. The van der Waals surface area contributed by atoms with Crippen molar-refractivity contribution in [3.05, 3.63) is 35.6 Å². The van der Waals surface area contributed by atoms with E-state index >= 15 is 0 Å². The van der Waals surface area contributed by atoms with E-state index in [9.17, 15) is 4.39 Å². The molecule has 1 aliphatic rings. The van der Waals surface area contributed by atoms with Crippen LogP contribution >= 0.6 is 0 Å². The van der Waals surface area contributed by atoms with Gasteiger partial charge in [-0.05, 0) is 31.0 Å². The Morgan fingerprint density at radius 1 is 1.44 bits per heavy atom. The maximum Gasteiger partial charge on any atom is 0.126 e. The number of benzene rings is 1. The van der Waals surface area contributed by atoms with E-state index in [0.717, 1.165) is 31.7 Å². The Labute approximate surface area is 95.8 Å². The summed E-state index contributed by atoms with van der Waals surface area (Å²) in [6.07, 6.45) is 1.00. The first-order valence-electron chi connectivity index (χ1n) is 5.78. The second kappa shape index (κ2) is 5.41. The van der Waals surface area contributed by atoms with Crippen molar-refractivity contribution in [1.29, 1.82) is 0 Å². The monoisotopic (exact) mass is 223 g/mol. The topological polar surface area (TPSA) is 21.3 Å². The minimum Gasteiger partial charge on any atom is -0.381 e. The Morgan fingerprint density at radius 2 is 2.19 bits per heavy atom. The Morgan fingerprint density at radius 3 is 2.75 bits per heavy atom. The summed E-state index contributed by atoms with van der Waals surface area (Å²) >= 11 is 0. The summed E-state index contributed by atoms with van der Waals surface area (Å²) in [5.41, 5.74) is 0.823. The highest BCUT2D eigenvalue weighted by Gasteiger charge is 2.24. The third-order valence-corrected chi connectivity index (χ3v) is 3.12. The SMILES string of the molecule is CNCC(CC1COC1)c1ccccc1F. The Balaban J connectivity index is 2.08. The van der Waals surface area contributed by atoms with Gasteiger partial charge < -0.3 is 10.1 Å². The van der Waals surface area contributed by atoms with Crippen molar-refractivity contribution >= 4 is 0 Å². The first kappa shape index (κ1) is 11.6. The van der Waals surface area contributed by atoms with Crippen molar-refractivity contribution < 1.29 is 9.13 Å². The first-order chi connectivity index (χ1) is 7.81. The highest BCUT2D eigenvalue weighted by atomic mass is 19.1. The van der Waals surface area contributed by atoms with Gasteiger partial charge in [0.15, 0.2) is 0 Å². The maximum absolute atomic E-state index is 13.7. The third kappa shape index (κ3) is 2.60. The number of likely N-dealkylation sites (N-methyl/N-ethyl adjacent to an activating group) is 1. The van der Waals surface area contributed by atoms with Crippen molar-refractivity contribution in [1.82, 2.24) is 5.32 Å². The molecule has 2 rings (SSSR count). The van der Waals surface area contributed by atoms with Crippen LogP contribution in [-0.2, 0) is 4.74 Å². The summed E-state index contributed by atoms with van der Waals surface area (Å²) in [5, 5.41) is 3.14. The van der Waals surface area contributed by atoms with Crippen LogP contribution in [0.1, 0.15) is 17.9 Å². The minimum atomic E-state index is -0.0945. The predicted molar refractivity (Wildman–Crippen MR) is 62.0 cm³/mol. The summed E-state index contributed by atoms with van der Waals surface area (Å²) in [5.74, 6) is 0.751. The van der Waals surface area contributed by atoms with E-state index in [2.05, 4.69) is 5.32 Å². The maximum atomic E-state index is 13.7. The average molecular weight is 223 g/mol. The van der Waals surface area contributed by atoms with E-state index < -0.39 is 0 Å². The lowest BCUT2D eigenvalue weighted by atomic mass is 9.87. The molecule has 0 aromatic heterocycles. The van der Waals surface area contributed by atoms with E-state index in [0.29, 0.717) is 5.92 Å². The van der Waals surface area contributed by atoms with E-state index in [-0.39, 0.29) is 11.7 Å². The Hall–Kier alpha value is -0.930. The molecular formula is C13H18FNO. The van der Waals surface area contributed by atoms with Gasteiger partial charge in [0.05, 0.1) is 13.2 Å². The molecule has 1 unspecified atom stereocenters. The van der Waals surface area contributed by atoms with Gasteiger partial charge in [-0.2, -0.15) is 0 Å². The molecule has 1 saturated heterocycles. The molecule has 1 N–H and O–H groups in total. The number of hydrogen-bond acceptors (Lipinski definition) is 2. The quantitative estimate of drug-likeness (QED) is 0.826. The number of rotatable bonds is 5. The molecule has 3 heteroatoms. The van der Waals surface area contributed by atoms with Crippen molar-refractivity contribution in [3.8, 4) is 0 Å². The number of ether oxygens (including phenoxy) is 1. The second-order valence-electron chi connectivity index (χ2n) is 4.42. The predicted octanol–water partition coefficient (Wildman–Crippen LogP) is 2.17. The van der Waals surface area contributed by atoms with Crippen LogP contribution in [0.25, 0.3) is 0 Å². The summed E-state index contributed by atoms with van der Waals surface area (Å²) in [7, 11) is 1.91. The molecule has 1 aliphatic heterocycles. The lowest BCUT2D eigenvalue weighted by Crippen LogP contribution is -2.31. The van der Waals surface area contributed by atoms with Crippen LogP contribution < -0.4 is 5.32 Å². The van der Waals surface area contributed by atoms with E-state index in [4.69, 9.17) is 4.74 Å². The van der Waals surface area contributed by atoms with Crippen LogP contribution in [0.4, 0.5) is 4.39 Å². The molecule has 88 valence electrons. The fourth-order valence-corrected chi connectivity index (χ4v) is 2.20. The van der Waals surface area contributed by atoms with Crippen molar-refractivity contribution in [2.75, 3.05) is 26.8 Å². The molecule has 1 fully saturated rings. The lowest BCUT2D eigenvalue weighted by molar-refractivity contribution is -0.0385. The molecule has 1 atom stereocenters. The second-order valence-corrected chi connectivity index (χ2v) is 4.42. The van der Waals surface area contributed by atoms with Crippen LogP contribution in [0.15, 0.2) is 24.3 Å². The third-order valence-electron chi connectivity index (χ3n) is 3.12. The van der Waals surface area contributed by atoms with Gasteiger partial charge in [0, 0.05) is 12.5 Å². The number of nitrogens with one attached hydrogen (secondary N) is 1. The fourth-order valence-electron chi connectivity index (χ4n) is 2.20. The van der Waals surface area contributed by atoms with Gasteiger partial charge in [-0.25, -0.2) is 4.39 Å². The van der Waals surface area contributed by atoms with E-state index in [1.54, 1.807) is 6.07 Å². The van der Waals surface area contributed by atoms with Crippen LogP contribution in [0.2, 0.25) is 0 Å². The van der Waals surface area contributed by atoms with Crippen molar-refractivity contribution in [2.45, 2.75) is 12.3 Å². The highest BCUT2D eigenvalue weighted by molar-refractivity contribution is 5.22. The van der Waals surface area contributed by atoms with Crippen molar-refractivity contribution in [3.63, 3.8) is 0 Å². The molecule has 0 saturated carbocycles. The minimum absolute atomic E-state index is 0.0945. The number of hydrogen-bond donors (Lipinski definition) is 1. The summed E-state index contributed by atoms with van der Waals surface area (Å²) < 4.78 is 18.8. The first-order valence-corrected chi connectivity index (χ1v) is 5.78. The molecule has 0 aliphatic carbocycles. The molecule has 0 amide bonds. The van der Waals surface area contributed by atoms with E-state index in [1.165, 1.54) is 6.07 Å². The van der Waals surface area contributed by atoms with Gasteiger partial charge in [0.1, 0.15) is 5.82 Å². The molecule has 1 aromatic carbocycles. The van der Waals surface area contributed by atoms with Gasteiger partial charge in [0.25, 0.3) is 0 Å². The average Bonchev–Trinajstić information content (AvgIpc) is 2.23. The molecule has 16 heavy (non-hydrogen) atoms. The standard InChI is InChI=1S/C13H18FNO/c1-15-7-11(6-10-8-16-9-10)12-4-2-3-5-13(12)14/h2-5,10-11,15H,6-9H2,1H3. The van der Waals surface area contributed by atoms with Crippen molar-refractivity contribution in [2.24, 2.45) is 5.92 Å². The lowest BCUT2D eigenvalue weighted by Gasteiger charge is -2.30. The van der Waals surface area contributed by atoms with E-state index in [1.807, 2.05) is 19.2 Å². The largest absolute Gasteiger partial charge is 0.381 e. The number of halogens is 1. The van der Waals surface area contributed by atoms with Crippen LogP contribution in [-0.4, -0.2) is 26.8 Å². The zero-order valence-electron chi connectivity index (χ0n) is 9.58. The van der Waals surface area contributed by atoms with Crippen LogP contribution in [0.3, 0.4) is 0 Å². The molecule has 0 bridgehead atoms. The highest BCUT2D eigenvalue weighted by Crippen LogP contribution is 2.28. The Kier molecular flexibility index (Phi) is 3.91.